The van der Waals surface area contributed by atoms with Gasteiger partial charge in [-0.05, 0) is 43.1 Å². The van der Waals surface area contributed by atoms with Crippen molar-refractivity contribution in [2.45, 2.75) is 31.5 Å². The average Bonchev–Trinajstić information content (AvgIpc) is 3.36. The molecule has 0 spiro atoms. The Balaban J connectivity index is 1.80. The number of carbonyl (C=O) groups excluding carboxylic acids is 1. The molecular weight excluding hydrogens is 343 g/mol. The van der Waals surface area contributed by atoms with Gasteiger partial charge in [-0.3, -0.25) is 9.69 Å². The summed E-state index contributed by atoms with van der Waals surface area (Å²) in [7, 11) is 1.95. The first-order valence-electron chi connectivity index (χ1n) is 8.04. The molecule has 2 aromatic carbocycles. The van der Waals surface area contributed by atoms with Crippen LogP contribution in [0.4, 0.5) is 0 Å². The number of nitrogens with one attached hydrogen (secondary N) is 1. The minimum Gasteiger partial charge on any atom is -0.352 e. The molecule has 1 unspecified atom stereocenters. The molecule has 1 saturated carbocycles. The van der Waals surface area contributed by atoms with Crippen molar-refractivity contribution in [1.29, 1.82) is 0 Å². The van der Waals surface area contributed by atoms with Crippen LogP contribution < -0.4 is 5.32 Å². The third-order valence-corrected chi connectivity index (χ3v) is 4.88. The number of rotatable bonds is 6. The second-order valence-corrected chi connectivity index (χ2v) is 7.07. The molecule has 2 aromatic rings. The molecule has 0 aromatic heterocycles. The minimum absolute atomic E-state index is 0.0475. The Hall–Kier alpha value is -1.55. The summed E-state index contributed by atoms with van der Waals surface area (Å²) >= 11 is 12.1. The van der Waals surface area contributed by atoms with Crippen molar-refractivity contribution in [3.05, 3.63) is 69.7 Å². The van der Waals surface area contributed by atoms with Gasteiger partial charge >= 0.3 is 0 Å². The van der Waals surface area contributed by atoms with Crippen LogP contribution >= 0.6 is 23.2 Å². The molecule has 24 heavy (non-hydrogen) atoms. The first kappa shape index (κ1) is 17.3. The maximum Gasteiger partial charge on any atom is 0.242 e. The third kappa shape index (κ3) is 4.29. The summed E-state index contributed by atoms with van der Waals surface area (Å²) < 4.78 is 0. The Morgan fingerprint density at radius 2 is 1.88 bits per heavy atom. The van der Waals surface area contributed by atoms with Crippen LogP contribution in [0.2, 0.25) is 10.0 Å². The summed E-state index contributed by atoms with van der Waals surface area (Å²) in [5.41, 5.74) is 2.00. The normalized spacial score (nSPS) is 15.3. The topological polar surface area (TPSA) is 32.3 Å². The standard InChI is InChI=1S/C19H20Cl2N2O/c1-23(12-13-7-10-16(20)17(21)11-13)18(14-5-3-2-4-6-14)19(24)22-15-8-9-15/h2-7,10-11,15,18H,8-9,12H2,1H3,(H,22,24). The largest absolute Gasteiger partial charge is 0.352 e. The molecule has 3 rings (SSSR count). The van der Waals surface area contributed by atoms with Gasteiger partial charge in [0, 0.05) is 12.6 Å². The number of hydrogen-bond acceptors (Lipinski definition) is 2. The fraction of sp³-hybridized carbons (Fsp3) is 0.316. The first-order chi connectivity index (χ1) is 11.5. The van der Waals surface area contributed by atoms with Crippen LogP contribution in [0.25, 0.3) is 0 Å². The maximum atomic E-state index is 12.7. The third-order valence-electron chi connectivity index (χ3n) is 4.14. The summed E-state index contributed by atoms with van der Waals surface area (Å²) in [6.45, 7) is 0.606. The predicted octanol–water partition coefficient (Wildman–Crippen LogP) is 4.45. The van der Waals surface area contributed by atoms with E-state index in [1.54, 1.807) is 6.07 Å². The lowest BCUT2D eigenvalue weighted by molar-refractivity contribution is -0.126. The Kier molecular flexibility index (Phi) is 5.44. The second kappa shape index (κ2) is 7.56. The fourth-order valence-electron chi connectivity index (χ4n) is 2.77. The van der Waals surface area contributed by atoms with Gasteiger partial charge in [0.15, 0.2) is 0 Å². The molecule has 1 amide bonds. The van der Waals surface area contributed by atoms with E-state index >= 15 is 0 Å². The van der Waals surface area contributed by atoms with Crippen molar-refractivity contribution >= 4 is 29.1 Å². The quantitative estimate of drug-likeness (QED) is 0.823. The van der Waals surface area contributed by atoms with E-state index < -0.39 is 0 Å². The highest BCUT2D eigenvalue weighted by Gasteiger charge is 2.30. The van der Waals surface area contributed by atoms with Gasteiger partial charge in [0.2, 0.25) is 5.91 Å². The molecule has 3 nitrogen and oxygen atoms in total. The summed E-state index contributed by atoms with van der Waals surface area (Å²) in [5, 5.41) is 4.18. The fourth-order valence-corrected chi connectivity index (χ4v) is 3.09. The van der Waals surface area contributed by atoms with Crippen molar-refractivity contribution in [2.24, 2.45) is 0 Å². The number of halogens is 2. The zero-order valence-corrected chi connectivity index (χ0v) is 15.0. The smallest absolute Gasteiger partial charge is 0.242 e. The van der Waals surface area contributed by atoms with Gasteiger partial charge < -0.3 is 5.32 Å². The van der Waals surface area contributed by atoms with E-state index in [0.717, 1.165) is 24.0 Å². The molecule has 0 radical (unpaired) electrons. The highest BCUT2D eigenvalue weighted by molar-refractivity contribution is 6.42. The number of likely N-dealkylation sites (N-methyl/N-ethyl adjacent to an activating group) is 1. The van der Waals surface area contributed by atoms with Gasteiger partial charge in [0.05, 0.1) is 10.0 Å². The Labute approximate surface area is 152 Å². The van der Waals surface area contributed by atoms with Gasteiger partial charge in [0.25, 0.3) is 0 Å². The highest BCUT2D eigenvalue weighted by atomic mass is 35.5. The Bertz CT molecular complexity index is 717. The monoisotopic (exact) mass is 362 g/mol. The molecule has 0 heterocycles. The van der Waals surface area contributed by atoms with Crippen LogP contribution in [0.1, 0.15) is 30.0 Å². The van der Waals surface area contributed by atoms with Gasteiger partial charge in [-0.1, -0.05) is 59.6 Å². The summed E-state index contributed by atoms with van der Waals surface area (Å²) in [5.74, 6) is 0.0475. The van der Waals surface area contributed by atoms with Crippen molar-refractivity contribution in [1.82, 2.24) is 10.2 Å². The van der Waals surface area contributed by atoms with E-state index in [1.807, 2.05) is 54.4 Å². The lowest BCUT2D eigenvalue weighted by atomic mass is 10.0. The zero-order valence-electron chi connectivity index (χ0n) is 13.5. The Morgan fingerprint density at radius 3 is 2.50 bits per heavy atom. The van der Waals surface area contributed by atoms with Crippen molar-refractivity contribution < 1.29 is 4.79 Å². The van der Waals surface area contributed by atoms with E-state index in [4.69, 9.17) is 23.2 Å². The van der Waals surface area contributed by atoms with Gasteiger partial charge in [-0.15, -0.1) is 0 Å². The number of benzene rings is 2. The molecule has 0 saturated heterocycles. The van der Waals surface area contributed by atoms with Crippen LogP contribution in [0.5, 0.6) is 0 Å². The highest BCUT2D eigenvalue weighted by Crippen LogP contribution is 2.27. The number of hydrogen-bond donors (Lipinski definition) is 1. The molecule has 1 aliphatic rings. The van der Waals surface area contributed by atoms with Crippen LogP contribution in [0.3, 0.4) is 0 Å². The number of nitrogens with zero attached hydrogens (tertiary/aromatic N) is 1. The lowest BCUT2D eigenvalue weighted by Crippen LogP contribution is -2.39. The average molecular weight is 363 g/mol. The summed E-state index contributed by atoms with van der Waals surface area (Å²) in [6.07, 6.45) is 2.15. The number of carbonyl (C=O) groups is 1. The van der Waals surface area contributed by atoms with E-state index in [9.17, 15) is 4.79 Å². The van der Waals surface area contributed by atoms with Crippen molar-refractivity contribution in [3.8, 4) is 0 Å². The molecule has 1 N–H and O–H groups in total. The maximum absolute atomic E-state index is 12.7. The summed E-state index contributed by atoms with van der Waals surface area (Å²) in [4.78, 5) is 14.8. The van der Waals surface area contributed by atoms with Crippen LogP contribution in [-0.4, -0.2) is 23.9 Å². The minimum atomic E-state index is -0.332. The molecular formula is C19H20Cl2N2O. The molecule has 5 heteroatoms. The van der Waals surface area contributed by atoms with Gasteiger partial charge in [-0.25, -0.2) is 0 Å². The number of amides is 1. The molecule has 0 bridgehead atoms. The molecule has 1 fully saturated rings. The van der Waals surface area contributed by atoms with E-state index in [1.165, 1.54) is 0 Å². The summed E-state index contributed by atoms with van der Waals surface area (Å²) in [6, 6.07) is 15.4. The van der Waals surface area contributed by atoms with Crippen LogP contribution in [0.15, 0.2) is 48.5 Å². The van der Waals surface area contributed by atoms with Crippen LogP contribution in [-0.2, 0) is 11.3 Å². The predicted molar refractivity (Wildman–Crippen MR) is 98.3 cm³/mol. The van der Waals surface area contributed by atoms with Crippen molar-refractivity contribution in [2.75, 3.05) is 7.05 Å². The lowest BCUT2D eigenvalue weighted by Gasteiger charge is -2.28. The molecule has 0 aliphatic heterocycles. The molecule has 126 valence electrons. The zero-order chi connectivity index (χ0) is 17.1. The first-order valence-corrected chi connectivity index (χ1v) is 8.79. The second-order valence-electron chi connectivity index (χ2n) is 6.26. The van der Waals surface area contributed by atoms with Crippen LogP contribution in [0, 0.1) is 0 Å². The van der Waals surface area contributed by atoms with Gasteiger partial charge in [0.1, 0.15) is 6.04 Å². The molecule has 1 aliphatic carbocycles. The van der Waals surface area contributed by atoms with Crippen molar-refractivity contribution in [3.63, 3.8) is 0 Å². The van der Waals surface area contributed by atoms with E-state index in [2.05, 4.69) is 5.32 Å². The Morgan fingerprint density at radius 1 is 1.17 bits per heavy atom. The molecule has 1 atom stereocenters. The SMILES string of the molecule is CN(Cc1ccc(Cl)c(Cl)c1)C(C(=O)NC1CC1)c1ccccc1. The van der Waals surface area contributed by atoms with Gasteiger partial charge in [-0.2, -0.15) is 0 Å². The van der Waals surface area contributed by atoms with E-state index in [0.29, 0.717) is 22.6 Å². The van der Waals surface area contributed by atoms with E-state index in [-0.39, 0.29) is 11.9 Å².